The second-order valence-electron chi connectivity index (χ2n) is 3.07. The predicted octanol–water partition coefficient (Wildman–Crippen LogP) is 2.10. The molecule has 0 aliphatic heterocycles. The number of amides is 1. The van der Waals surface area contributed by atoms with Gasteiger partial charge in [0.25, 0.3) is 0 Å². The number of pyridine rings is 1. The van der Waals surface area contributed by atoms with Gasteiger partial charge in [0.2, 0.25) is 6.41 Å². The average Bonchev–Trinajstić information content (AvgIpc) is 2.61. The number of nitrogens with zero attached hydrogens (tertiary/aromatic N) is 1. The minimum Gasteiger partial charge on any atom is -0.351 e. The first-order chi connectivity index (χ1) is 6.81. The summed E-state index contributed by atoms with van der Waals surface area (Å²) in [5.74, 6) is 0. The first-order valence-electron chi connectivity index (χ1n) is 4.34. The van der Waals surface area contributed by atoms with Crippen molar-refractivity contribution in [3.8, 4) is 0 Å². The SMILES string of the molecule is C[C@@H](NC=O)c1cc2cnccc2s1. The Morgan fingerprint density at radius 3 is 3.21 bits per heavy atom. The van der Waals surface area contributed by atoms with E-state index in [9.17, 15) is 4.79 Å². The Balaban J connectivity index is 2.39. The normalized spacial score (nSPS) is 12.6. The van der Waals surface area contributed by atoms with Crippen LogP contribution in [0.25, 0.3) is 10.1 Å². The van der Waals surface area contributed by atoms with Crippen molar-refractivity contribution < 1.29 is 4.79 Å². The second-order valence-corrected chi connectivity index (χ2v) is 4.18. The molecule has 0 saturated carbocycles. The highest BCUT2D eigenvalue weighted by atomic mass is 32.1. The van der Waals surface area contributed by atoms with Gasteiger partial charge in [-0.2, -0.15) is 0 Å². The van der Waals surface area contributed by atoms with Crippen LogP contribution in [0.15, 0.2) is 24.5 Å². The maximum Gasteiger partial charge on any atom is 0.207 e. The van der Waals surface area contributed by atoms with Crippen LogP contribution in [0.1, 0.15) is 17.8 Å². The highest BCUT2D eigenvalue weighted by Gasteiger charge is 2.07. The third kappa shape index (κ3) is 1.61. The van der Waals surface area contributed by atoms with E-state index in [0.29, 0.717) is 0 Å². The van der Waals surface area contributed by atoms with Gasteiger partial charge in [-0.25, -0.2) is 0 Å². The molecule has 0 unspecified atom stereocenters. The molecule has 14 heavy (non-hydrogen) atoms. The van der Waals surface area contributed by atoms with Crippen LogP contribution >= 0.6 is 11.3 Å². The number of rotatable bonds is 3. The molecular formula is C10H10N2OS. The van der Waals surface area contributed by atoms with Crippen LogP contribution in [0.4, 0.5) is 0 Å². The summed E-state index contributed by atoms with van der Waals surface area (Å²) in [5, 5.41) is 3.86. The lowest BCUT2D eigenvalue weighted by molar-refractivity contribution is -0.110. The van der Waals surface area contributed by atoms with Gasteiger partial charge in [0.15, 0.2) is 0 Å². The Kier molecular flexibility index (Phi) is 2.45. The van der Waals surface area contributed by atoms with Gasteiger partial charge in [0, 0.05) is 27.4 Å². The van der Waals surface area contributed by atoms with Gasteiger partial charge < -0.3 is 5.32 Å². The summed E-state index contributed by atoms with van der Waals surface area (Å²) in [5.41, 5.74) is 0. The number of carbonyl (C=O) groups excluding carboxylic acids is 1. The molecule has 72 valence electrons. The summed E-state index contributed by atoms with van der Waals surface area (Å²) in [6.45, 7) is 1.96. The van der Waals surface area contributed by atoms with E-state index < -0.39 is 0 Å². The van der Waals surface area contributed by atoms with Crippen molar-refractivity contribution in [3.05, 3.63) is 29.4 Å². The zero-order valence-electron chi connectivity index (χ0n) is 7.73. The highest BCUT2D eigenvalue weighted by molar-refractivity contribution is 7.19. The van der Waals surface area contributed by atoms with E-state index in [1.165, 1.54) is 4.70 Å². The summed E-state index contributed by atoms with van der Waals surface area (Å²) in [6, 6.07) is 4.12. The number of thiophene rings is 1. The van der Waals surface area contributed by atoms with Gasteiger partial charge >= 0.3 is 0 Å². The maximum atomic E-state index is 10.3. The molecule has 2 heterocycles. The number of carbonyl (C=O) groups is 1. The van der Waals surface area contributed by atoms with E-state index in [1.807, 2.05) is 19.2 Å². The fourth-order valence-electron chi connectivity index (χ4n) is 1.30. The van der Waals surface area contributed by atoms with Crippen LogP contribution in [0, 0.1) is 0 Å². The monoisotopic (exact) mass is 206 g/mol. The van der Waals surface area contributed by atoms with Gasteiger partial charge in [0.05, 0.1) is 6.04 Å². The molecule has 0 fully saturated rings. The topological polar surface area (TPSA) is 42.0 Å². The number of aromatic nitrogens is 1. The number of hydrogen-bond acceptors (Lipinski definition) is 3. The molecule has 2 aromatic heterocycles. The standard InChI is InChI=1S/C10H10N2OS/c1-7(12-6-13)10-4-8-5-11-3-2-9(8)14-10/h2-7H,1H3,(H,12,13)/t7-/m1/s1. The van der Waals surface area contributed by atoms with Crippen LogP contribution in [0.5, 0.6) is 0 Å². The molecule has 4 heteroatoms. The third-order valence-corrected chi connectivity index (χ3v) is 3.38. The first-order valence-corrected chi connectivity index (χ1v) is 5.16. The molecule has 3 nitrogen and oxygen atoms in total. The second kappa shape index (κ2) is 3.75. The third-order valence-electron chi connectivity index (χ3n) is 2.08. The Morgan fingerprint density at radius 1 is 1.64 bits per heavy atom. The Morgan fingerprint density at radius 2 is 2.50 bits per heavy atom. The highest BCUT2D eigenvalue weighted by Crippen LogP contribution is 2.28. The van der Waals surface area contributed by atoms with Gasteiger partial charge in [-0.05, 0) is 19.1 Å². The van der Waals surface area contributed by atoms with Crippen LogP contribution in [-0.2, 0) is 4.79 Å². The first kappa shape index (κ1) is 9.15. The molecule has 0 aliphatic rings. The summed E-state index contributed by atoms with van der Waals surface area (Å²) >= 11 is 1.68. The average molecular weight is 206 g/mol. The van der Waals surface area contributed by atoms with E-state index in [2.05, 4.69) is 16.4 Å². The van der Waals surface area contributed by atoms with Gasteiger partial charge in [0.1, 0.15) is 0 Å². The molecular weight excluding hydrogens is 196 g/mol. The van der Waals surface area contributed by atoms with E-state index in [0.717, 1.165) is 16.7 Å². The van der Waals surface area contributed by atoms with Gasteiger partial charge in [-0.1, -0.05) is 0 Å². The zero-order chi connectivity index (χ0) is 9.97. The lowest BCUT2D eigenvalue weighted by atomic mass is 10.2. The summed E-state index contributed by atoms with van der Waals surface area (Å²) < 4.78 is 1.20. The minimum absolute atomic E-state index is 0.0740. The van der Waals surface area contributed by atoms with Crippen molar-refractivity contribution in [2.45, 2.75) is 13.0 Å². The fraction of sp³-hybridized carbons (Fsp3) is 0.200. The van der Waals surface area contributed by atoms with Crippen molar-refractivity contribution in [2.75, 3.05) is 0 Å². The van der Waals surface area contributed by atoms with Gasteiger partial charge in [-0.3, -0.25) is 9.78 Å². The molecule has 0 radical (unpaired) electrons. The molecule has 0 aliphatic carbocycles. The fourth-order valence-corrected chi connectivity index (χ4v) is 2.35. The van der Waals surface area contributed by atoms with Crippen LogP contribution in [0.2, 0.25) is 0 Å². The number of fused-ring (bicyclic) bond motifs is 1. The van der Waals surface area contributed by atoms with Crippen molar-refractivity contribution in [1.82, 2.24) is 10.3 Å². The molecule has 0 saturated heterocycles. The van der Waals surface area contributed by atoms with Crippen LogP contribution in [0.3, 0.4) is 0 Å². The van der Waals surface area contributed by atoms with Crippen molar-refractivity contribution in [1.29, 1.82) is 0 Å². The molecule has 1 amide bonds. The zero-order valence-corrected chi connectivity index (χ0v) is 8.54. The van der Waals surface area contributed by atoms with Crippen molar-refractivity contribution >= 4 is 27.8 Å². The molecule has 1 N–H and O–H groups in total. The molecule has 0 spiro atoms. The Labute approximate surface area is 85.8 Å². The predicted molar refractivity (Wildman–Crippen MR) is 57.2 cm³/mol. The Hall–Kier alpha value is -1.42. The maximum absolute atomic E-state index is 10.3. The molecule has 1 atom stereocenters. The van der Waals surface area contributed by atoms with Crippen LogP contribution < -0.4 is 5.32 Å². The largest absolute Gasteiger partial charge is 0.351 e. The Bertz CT molecular complexity index is 419. The van der Waals surface area contributed by atoms with Crippen molar-refractivity contribution in [3.63, 3.8) is 0 Å². The van der Waals surface area contributed by atoms with Crippen LogP contribution in [-0.4, -0.2) is 11.4 Å². The smallest absolute Gasteiger partial charge is 0.207 e. The summed E-state index contributed by atoms with van der Waals surface area (Å²) in [7, 11) is 0. The van der Waals surface area contributed by atoms with E-state index >= 15 is 0 Å². The molecule has 0 bridgehead atoms. The number of nitrogens with one attached hydrogen (secondary N) is 1. The van der Waals surface area contributed by atoms with E-state index in [4.69, 9.17) is 0 Å². The number of hydrogen-bond donors (Lipinski definition) is 1. The van der Waals surface area contributed by atoms with E-state index in [-0.39, 0.29) is 6.04 Å². The molecule has 2 aromatic rings. The lowest BCUT2D eigenvalue weighted by Gasteiger charge is -2.05. The lowest BCUT2D eigenvalue weighted by Crippen LogP contribution is -2.14. The molecule has 0 aromatic carbocycles. The minimum atomic E-state index is 0.0740. The van der Waals surface area contributed by atoms with Gasteiger partial charge in [-0.15, -0.1) is 11.3 Å². The summed E-state index contributed by atoms with van der Waals surface area (Å²) in [6.07, 6.45) is 4.34. The van der Waals surface area contributed by atoms with E-state index in [1.54, 1.807) is 17.5 Å². The summed E-state index contributed by atoms with van der Waals surface area (Å²) in [4.78, 5) is 15.5. The molecule has 2 rings (SSSR count). The van der Waals surface area contributed by atoms with Crippen molar-refractivity contribution in [2.24, 2.45) is 0 Å². The quantitative estimate of drug-likeness (QED) is 0.781.